The fraction of sp³-hybridized carbons (Fsp3) is 0.400. The standard InChI is InChI=1S/C25H29N3O5S/c1-15-5-10-21-22(12-15)25(31)28(24(21)30)18(4)23(29)26-19-6-8-20(9-7-19)34(32,33)27-13-16(2)11-17(3)14-27/h5-10,12,16-18H,11,13-14H2,1-4H3,(H,26,29). The lowest BCUT2D eigenvalue weighted by atomic mass is 9.94. The van der Waals surface area contributed by atoms with E-state index in [1.54, 1.807) is 18.2 Å². The van der Waals surface area contributed by atoms with E-state index in [0.29, 0.717) is 36.2 Å². The number of sulfonamides is 1. The summed E-state index contributed by atoms with van der Waals surface area (Å²) >= 11 is 0. The fourth-order valence-electron chi connectivity index (χ4n) is 4.75. The zero-order chi connectivity index (χ0) is 24.8. The first-order valence-corrected chi connectivity index (χ1v) is 12.8. The maximum absolute atomic E-state index is 13.1. The summed E-state index contributed by atoms with van der Waals surface area (Å²) in [7, 11) is -3.63. The van der Waals surface area contributed by atoms with Gasteiger partial charge in [-0.15, -0.1) is 0 Å². The topological polar surface area (TPSA) is 104 Å². The van der Waals surface area contributed by atoms with E-state index in [1.165, 1.54) is 35.5 Å². The van der Waals surface area contributed by atoms with E-state index in [9.17, 15) is 22.8 Å². The molecule has 2 aromatic carbocycles. The molecule has 3 amide bonds. The molecule has 1 N–H and O–H groups in total. The first-order valence-electron chi connectivity index (χ1n) is 11.4. The summed E-state index contributed by atoms with van der Waals surface area (Å²) in [4.78, 5) is 39.4. The highest BCUT2D eigenvalue weighted by Gasteiger charge is 2.41. The van der Waals surface area contributed by atoms with Crippen LogP contribution in [-0.2, 0) is 14.8 Å². The third kappa shape index (κ3) is 4.37. The quantitative estimate of drug-likeness (QED) is 0.658. The van der Waals surface area contributed by atoms with Gasteiger partial charge in [-0.1, -0.05) is 25.5 Å². The molecule has 1 fully saturated rings. The van der Waals surface area contributed by atoms with Gasteiger partial charge in [0.25, 0.3) is 11.8 Å². The summed E-state index contributed by atoms with van der Waals surface area (Å²) < 4.78 is 27.6. The van der Waals surface area contributed by atoms with E-state index in [0.717, 1.165) is 16.9 Å². The Bertz CT molecular complexity index is 1250. The van der Waals surface area contributed by atoms with Crippen LogP contribution in [0.3, 0.4) is 0 Å². The van der Waals surface area contributed by atoms with Crippen LogP contribution in [-0.4, -0.2) is 54.5 Å². The smallest absolute Gasteiger partial charge is 0.262 e. The number of hydrogen-bond acceptors (Lipinski definition) is 5. The number of carbonyl (C=O) groups is 3. The van der Waals surface area contributed by atoms with Crippen LogP contribution in [0.1, 0.15) is 53.5 Å². The Labute approximate surface area is 200 Å². The number of nitrogens with one attached hydrogen (secondary N) is 1. The molecule has 0 bridgehead atoms. The van der Waals surface area contributed by atoms with Crippen LogP contribution in [0.2, 0.25) is 0 Å². The average molecular weight is 484 g/mol. The number of anilines is 1. The molecule has 4 rings (SSSR count). The first-order chi connectivity index (χ1) is 16.0. The third-order valence-electron chi connectivity index (χ3n) is 6.44. The van der Waals surface area contributed by atoms with Crippen molar-refractivity contribution in [2.24, 2.45) is 11.8 Å². The second-order valence-corrected chi connectivity index (χ2v) is 11.4. The van der Waals surface area contributed by atoms with Crippen molar-refractivity contribution in [2.75, 3.05) is 18.4 Å². The van der Waals surface area contributed by atoms with Gasteiger partial charge in [0.15, 0.2) is 0 Å². The van der Waals surface area contributed by atoms with E-state index >= 15 is 0 Å². The monoisotopic (exact) mass is 483 g/mol. The molecule has 8 nitrogen and oxygen atoms in total. The van der Waals surface area contributed by atoms with Crippen molar-refractivity contribution < 1.29 is 22.8 Å². The van der Waals surface area contributed by atoms with Crippen molar-refractivity contribution in [2.45, 2.75) is 45.1 Å². The Morgan fingerprint density at radius 1 is 0.971 bits per heavy atom. The number of aryl methyl sites for hydroxylation is 1. The predicted molar refractivity (Wildman–Crippen MR) is 128 cm³/mol. The number of imide groups is 1. The molecule has 0 saturated carbocycles. The van der Waals surface area contributed by atoms with E-state index in [1.807, 2.05) is 20.8 Å². The minimum Gasteiger partial charge on any atom is -0.324 e. The molecule has 34 heavy (non-hydrogen) atoms. The number of amides is 3. The Balaban J connectivity index is 1.46. The lowest BCUT2D eigenvalue weighted by Gasteiger charge is -2.34. The van der Waals surface area contributed by atoms with E-state index in [4.69, 9.17) is 0 Å². The van der Waals surface area contributed by atoms with Crippen molar-refractivity contribution >= 4 is 33.4 Å². The van der Waals surface area contributed by atoms with Crippen LogP contribution in [0, 0.1) is 18.8 Å². The highest BCUT2D eigenvalue weighted by atomic mass is 32.2. The molecule has 9 heteroatoms. The highest BCUT2D eigenvalue weighted by Crippen LogP contribution is 2.28. The Kier molecular flexibility index (Phi) is 6.35. The zero-order valence-electron chi connectivity index (χ0n) is 19.7. The van der Waals surface area contributed by atoms with Gasteiger partial charge in [0.1, 0.15) is 6.04 Å². The zero-order valence-corrected chi connectivity index (χ0v) is 20.6. The second kappa shape index (κ2) is 8.96. The van der Waals surface area contributed by atoms with Crippen molar-refractivity contribution in [1.29, 1.82) is 0 Å². The van der Waals surface area contributed by atoms with Gasteiger partial charge in [-0.05, 0) is 68.5 Å². The molecule has 2 aromatic rings. The number of piperidine rings is 1. The van der Waals surface area contributed by atoms with Crippen LogP contribution in [0.4, 0.5) is 5.69 Å². The van der Waals surface area contributed by atoms with Gasteiger partial charge in [-0.3, -0.25) is 19.3 Å². The lowest BCUT2D eigenvalue weighted by molar-refractivity contribution is -0.119. The SMILES string of the molecule is Cc1ccc2c(c1)C(=O)N(C(C)C(=O)Nc1ccc(S(=O)(=O)N3CC(C)CC(C)C3)cc1)C2=O. The maximum Gasteiger partial charge on any atom is 0.262 e. The molecule has 2 aliphatic rings. The summed E-state index contributed by atoms with van der Waals surface area (Å²) in [5.41, 5.74) is 1.80. The van der Waals surface area contributed by atoms with Gasteiger partial charge in [0.2, 0.25) is 15.9 Å². The number of fused-ring (bicyclic) bond motifs is 1. The molecule has 2 aliphatic heterocycles. The third-order valence-corrected chi connectivity index (χ3v) is 8.28. The van der Waals surface area contributed by atoms with Gasteiger partial charge in [0, 0.05) is 18.8 Å². The number of hydrogen-bond donors (Lipinski definition) is 1. The molecule has 0 spiro atoms. The van der Waals surface area contributed by atoms with E-state index < -0.39 is 33.8 Å². The van der Waals surface area contributed by atoms with Crippen molar-refractivity contribution in [1.82, 2.24) is 9.21 Å². The van der Waals surface area contributed by atoms with Crippen LogP contribution >= 0.6 is 0 Å². The fourth-order valence-corrected chi connectivity index (χ4v) is 6.43. The van der Waals surface area contributed by atoms with Crippen LogP contribution in [0.5, 0.6) is 0 Å². The summed E-state index contributed by atoms with van der Waals surface area (Å²) in [5, 5.41) is 2.68. The molecule has 3 unspecified atom stereocenters. The van der Waals surface area contributed by atoms with Gasteiger partial charge >= 0.3 is 0 Å². The summed E-state index contributed by atoms with van der Waals surface area (Å²) in [6, 6.07) is 9.91. The molecular weight excluding hydrogens is 454 g/mol. The molecule has 0 radical (unpaired) electrons. The van der Waals surface area contributed by atoms with Crippen LogP contribution < -0.4 is 5.32 Å². The minimum atomic E-state index is -3.63. The summed E-state index contributed by atoms with van der Waals surface area (Å²) in [5.74, 6) is -0.957. The van der Waals surface area contributed by atoms with Crippen LogP contribution in [0.15, 0.2) is 47.4 Å². The molecule has 3 atom stereocenters. The summed E-state index contributed by atoms with van der Waals surface area (Å²) in [6.45, 7) is 8.39. The van der Waals surface area contributed by atoms with E-state index in [-0.39, 0.29) is 10.5 Å². The molecule has 0 aliphatic carbocycles. The van der Waals surface area contributed by atoms with Crippen molar-refractivity contribution in [3.8, 4) is 0 Å². The van der Waals surface area contributed by atoms with Gasteiger partial charge < -0.3 is 5.32 Å². The Morgan fingerprint density at radius 3 is 2.18 bits per heavy atom. The molecule has 0 aromatic heterocycles. The normalized spacial score (nSPS) is 21.9. The number of benzene rings is 2. The number of nitrogens with zero attached hydrogens (tertiary/aromatic N) is 2. The number of rotatable bonds is 5. The lowest BCUT2D eigenvalue weighted by Crippen LogP contribution is -2.45. The molecular formula is C25H29N3O5S. The summed E-state index contributed by atoms with van der Waals surface area (Å²) in [6.07, 6.45) is 1.00. The minimum absolute atomic E-state index is 0.163. The van der Waals surface area contributed by atoms with Crippen molar-refractivity contribution in [3.05, 3.63) is 59.2 Å². The largest absolute Gasteiger partial charge is 0.324 e. The Morgan fingerprint density at radius 2 is 1.56 bits per heavy atom. The average Bonchev–Trinajstić information content (AvgIpc) is 3.02. The maximum atomic E-state index is 13.1. The highest BCUT2D eigenvalue weighted by molar-refractivity contribution is 7.89. The van der Waals surface area contributed by atoms with Gasteiger partial charge in [0.05, 0.1) is 16.0 Å². The second-order valence-electron chi connectivity index (χ2n) is 9.49. The van der Waals surface area contributed by atoms with Gasteiger partial charge in [-0.25, -0.2) is 8.42 Å². The first kappa shape index (κ1) is 24.1. The number of carbonyl (C=O) groups excluding carboxylic acids is 3. The molecule has 1 saturated heterocycles. The van der Waals surface area contributed by atoms with Crippen molar-refractivity contribution in [3.63, 3.8) is 0 Å². The van der Waals surface area contributed by atoms with Crippen LogP contribution in [0.25, 0.3) is 0 Å². The molecule has 2 heterocycles. The Hall–Kier alpha value is -3.04. The van der Waals surface area contributed by atoms with E-state index in [2.05, 4.69) is 5.32 Å². The molecule has 180 valence electrons. The van der Waals surface area contributed by atoms with Gasteiger partial charge in [-0.2, -0.15) is 4.31 Å². The predicted octanol–water partition coefficient (Wildman–Crippen LogP) is 3.28.